The predicted octanol–water partition coefficient (Wildman–Crippen LogP) is 1.72. The maximum Gasteiger partial charge on any atom is 0.310 e. The molecule has 108 valence electrons. The van der Waals surface area contributed by atoms with Crippen LogP contribution in [-0.2, 0) is 4.79 Å². The van der Waals surface area contributed by atoms with Gasteiger partial charge in [0.15, 0.2) is 12.4 Å². The standard InChI is InChI=1S/C13H11N3O5/c17-13(15-14-8-10-4-3-7-20-10)9-21-12-6-2-1-5-11(12)16(18)19/h1-8H,9H2,(H,15,17)/b14-8-. The molecule has 0 saturated carbocycles. The fourth-order valence-electron chi connectivity index (χ4n) is 1.44. The third kappa shape index (κ3) is 4.16. The lowest BCUT2D eigenvalue weighted by molar-refractivity contribution is -0.385. The highest BCUT2D eigenvalue weighted by Crippen LogP contribution is 2.25. The molecule has 0 aliphatic carbocycles. The Kier molecular flexibility index (Phi) is 4.65. The lowest BCUT2D eigenvalue weighted by Gasteiger charge is -2.05. The highest BCUT2D eigenvalue weighted by Gasteiger charge is 2.14. The summed E-state index contributed by atoms with van der Waals surface area (Å²) in [6, 6.07) is 9.15. The Labute approximate surface area is 119 Å². The van der Waals surface area contributed by atoms with Crippen molar-refractivity contribution in [2.75, 3.05) is 6.61 Å². The molecule has 1 amide bonds. The highest BCUT2D eigenvalue weighted by atomic mass is 16.6. The summed E-state index contributed by atoms with van der Waals surface area (Å²) in [7, 11) is 0. The van der Waals surface area contributed by atoms with Gasteiger partial charge in [-0.25, -0.2) is 5.43 Å². The van der Waals surface area contributed by atoms with Gasteiger partial charge < -0.3 is 9.15 Å². The van der Waals surface area contributed by atoms with Crippen LogP contribution in [0.4, 0.5) is 5.69 Å². The minimum absolute atomic E-state index is 0.0210. The highest BCUT2D eigenvalue weighted by molar-refractivity contribution is 5.81. The minimum Gasteiger partial charge on any atom is -0.477 e. The number of furan rings is 1. The van der Waals surface area contributed by atoms with Gasteiger partial charge in [-0.05, 0) is 18.2 Å². The van der Waals surface area contributed by atoms with Gasteiger partial charge in [0, 0.05) is 6.07 Å². The Morgan fingerprint density at radius 3 is 2.90 bits per heavy atom. The van der Waals surface area contributed by atoms with Gasteiger partial charge >= 0.3 is 5.69 Å². The van der Waals surface area contributed by atoms with Gasteiger partial charge in [0.1, 0.15) is 5.76 Å². The molecule has 0 spiro atoms. The maximum absolute atomic E-state index is 11.5. The van der Waals surface area contributed by atoms with Gasteiger partial charge in [-0.1, -0.05) is 12.1 Å². The van der Waals surface area contributed by atoms with Crippen molar-refractivity contribution >= 4 is 17.8 Å². The smallest absolute Gasteiger partial charge is 0.310 e. The zero-order valence-corrected chi connectivity index (χ0v) is 10.8. The number of para-hydroxylation sites is 2. The summed E-state index contributed by atoms with van der Waals surface area (Å²) in [5.41, 5.74) is 2.01. The van der Waals surface area contributed by atoms with E-state index in [-0.39, 0.29) is 18.0 Å². The van der Waals surface area contributed by atoms with Gasteiger partial charge in [0.05, 0.1) is 17.4 Å². The number of nitrogens with zero attached hydrogens (tertiary/aromatic N) is 2. The summed E-state index contributed by atoms with van der Waals surface area (Å²) >= 11 is 0. The van der Waals surface area contributed by atoms with Gasteiger partial charge in [0.2, 0.25) is 0 Å². The molecule has 8 heteroatoms. The first-order chi connectivity index (χ1) is 10.2. The van der Waals surface area contributed by atoms with Crippen LogP contribution in [0.1, 0.15) is 5.76 Å². The summed E-state index contributed by atoms with van der Waals surface area (Å²) in [5, 5.41) is 14.4. The van der Waals surface area contributed by atoms with Crippen molar-refractivity contribution in [2.24, 2.45) is 5.10 Å². The molecule has 1 aromatic carbocycles. The van der Waals surface area contributed by atoms with E-state index < -0.39 is 10.8 Å². The molecule has 0 aliphatic rings. The Balaban J connectivity index is 1.85. The van der Waals surface area contributed by atoms with Crippen LogP contribution in [0.15, 0.2) is 52.2 Å². The molecule has 21 heavy (non-hydrogen) atoms. The number of nitro benzene ring substituents is 1. The number of nitrogens with one attached hydrogen (secondary N) is 1. The molecule has 2 rings (SSSR count). The van der Waals surface area contributed by atoms with Crippen molar-refractivity contribution in [3.8, 4) is 5.75 Å². The van der Waals surface area contributed by atoms with Crippen molar-refractivity contribution in [3.63, 3.8) is 0 Å². The van der Waals surface area contributed by atoms with Crippen LogP contribution in [0.3, 0.4) is 0 Å². The SMILES string of the molecule is O=C(COc1ccccc1[N+](=O)[O-])N/N=C\c1ccco1. The lowest BCUT2D eigenvalue weighted by atomic mass is 10.3. The number of carbonyl (C=O) groups excluding carboxylic acids is 1. The summed E-state index contributed by atoms with van der Waals surface area (Å²) in [6.07, 6.45) is 2.80. The van der Waals surface area contributed by atoms with E-state index in [2.05, 4.69) is 10.5 Å². The van der Waals surface area contributed by atoms with Crippen LogP contribution in [0.2, 0.25) is 0 Å². The van der Waals surface area contributed by atoms with E-state index in [1.54, 1.807) is 18.2 Å². The molecule has 0 bridgehead atoms. The van der Waals surface area contributed by atoms with Gasteiger partial charge in [-0.2, -0.15) is 5.10 Å². The predicted molar refractivity (Wildman–Crippen MR) is 73.0 cm³/mol. The Bertz CT molecular complexity index is 652. The Hall–Kier alpha value is -3.16. The number of carbonyl (C=O) groups is 1. The third-order valence-corrected chi connectivity index (χ3v) is 2.34. The van der Waals surface area contributed by atoms with E-state index in [1.807, 2.05) is 0 Å². The van der Waals surface area contributed by atoms with Gasteiger partial charge in [-0.3, -0.25) is 14.9 Å². The number of hydrogen-bond acceptors (Lipinski definition) is 6. The summed E-state index contributed by atoms with van der Waals surface area (Å²) in [6.45, 7) is -0.389. The zero-order valence-electron chi connectivity index (χ0n) is 10.8. The molecular weight excluding hydrogens is 278 g/mol. The molecule has 0 unspecified atom stereocenters. The first kappa shape index (κ1) is 14.3. The van der Waals surface area contributed by atoms with Crippen LogP contribution in [0, 0.1) is 10.1 Å². The van der Waals surface area contributed by atoms with E-state index in [4.69, 9.17) is 9.15 Å². The zero-order chi connectivity index (χ0) is 15.1. The summed E-state index contributed by atoms with van der Waals surface area (Å²) < 4.78 is 10.1. The molecule has 0 fully saturated rings. The van der Waals surface area contributed by atoms with Crippen molar-refractivity contribution in [1.82, 2.24) is 5.43 Å². The number of hydrazone groups is 1. The second-order valence-electron chi connectivity index (χ2n) is 3.82. The maximum atomic E-state index is 11.5. The van der Waals surface area contributed by atoms with Crippen LogP contribution in [-0.4, -0.2) is 23.7 Å². The lowest BCUT2D eigenvalue weighted by Crippen LogP contribution is -2.24. The molecule has 0 saturated heterocycles. The van der Waals surface area contributed by atoms with Gasteiger partial charge in [-0.15, -0.1) is 0 Å². The molecule has 0 radical (unpaired) electrons. The first-order valence-electron chi connectivity index (χ1n) is 5.88. The molecule has 8 nitrogen and oxygen atoms in total. The van der Waals surface area contributed by atoms with Crippen molar-refractivity contribution < 1.29 is 18.9 Å². The number of hydrogen-bond donors (Lipinski definition) is 1. The van der Waals surface area contributed by atoms with Crippen molar-refractivity contribution in [1.29, 1.82) is 0 Å². The number of nitro groups is 1. The fraction of sp³-hybridized carbons (Fsp3) is 0.0769. The Morgan fingerprint density at radius 1 is 1.38 bits per heavy atom. The van der Waals surface area contributed by atoms with Crippen molar-refractivity contribution in [2.45, 2.75) is 0 Å². The van der Waals surface area contributed by atoms with Crippen LogP contribution < -0.4 is 10.2 Å². The molecule has 0 aliphatic heterocycles. The quantitative estimate of drug-likeness (QED) is 0.495. The summed E-state index contributed by atoms with van der Waals surface area (Å²) in [5.74, 6) is -0.0430. The van der Waals surface area contributed by atoms with Crippen molar-refractivity contribution in [3.05, 3.63) is 58.5 Å². The molecule has 1 aromatic heterocycles. The van der Waals surface area contributed by atoms with Crippen LogP contribution in [0.5, 0.6) is 5.75 Å². The second kappa shape index (κ2) is 6.85. The minimum atomic E-state index is -0.581. The number of rotatable bonds is 6. The van der Waals surface area contributed by atoms with E-state index in [0.29, 0.717) is 5.76 Å². The summed E-state index contributed by atoms with van der Waals surface area (Å²) in [4.78, 5) is 21.7. The van der Waals surface area contributed by atoms with E-state index in [1.165, 1.54) is 30.7 Å². The molecule has 1 N–H and O–H groups in total. The molecule has 1 heterocycles. The average molecular weight is 289 g/mol. The average Bonchev–Trinajstić information content (AvgIpc) is 2.98. The topological polar surface area (TPSA) is 107 Å². The van der Waals surface area contributed by atoms with E-state index in [9.17, 15) is 14.9 Å². The number of benzene rings is 1. The van der Waals surface area contributed by atoms with E-state index in [0.717, 1.165) is 0 Å². The molecule has 2 aromatic rings. The monoisotopic (exact) mass is 289 g/mol. The van der Waals surface area contributed by atoms with E-state index >= 15 is 0 Å². The first-order valence-corrected chi connectivity index (χ1v) is 5.88. The van der Waals surface area contributed by atoms with Gasteiger partial charge in [0.25, 0.3) is 5.91 Å². The van der Waals surface area contributed by atoms with Crippen LogP contribution in [0.25, 0.3) is 0 Å². The Morgan fingerprint density at radius 2 is 2.19 bits per heavy atom. The third-order valence-electron chi connectivity index (χ3n) is 2.34. The number of amides is 1. The molecular formula is C13H11N3O5. The molecule has 0 atom stereocenters. The number of ether oxygens (including phenoxy) is 1. The second-order valence-corrected chi connectivity index (χ2v) is 3.82. The van der Waals surface area contributed by atoms with Crippen LogP contribution >= 0.6 is 0 Å². The largest absolute Gasteiger partial charge is 0.477 e. The normalized spacial score (nSPS) is 10.5. The fourth-order valence-corrected chi connectivity index (χ4v) is 1.44.